The van der Waals surface area contributed by atoms with Crippen LogP contribution in [-0.2, 0) is 11.3 Å². The van der Waals surface area contributed by atoms with Gasteiger partial charge in [-0.25, -0.2) is 4.98 Å². The Hall–Kier alpha value is -1.88. The van der Waals surface area contributed by atoms with Crippen molar-refractivity contribution in [1.29, 1.82) is 0 Å². The van der Waals surface area contributed by atoms with Crippen LogP contribution in [0.2, 0.25) is 0 Å². The zero-order chi connectivity index (χ0) is 14.8. The number of amides is 1. The molecule has 1 aliphatic heterocycles. The van der Waals surface area contributed by atoms with Crippen molar-refractivity contribution in [2.24, 2.45) is 0 Å². The summed E-state index contributed by atoms with van der Waals surface area (Å²) < 4.78 is 0. The molecule has 4 nitrogen and oxygen atoms in total. The first-order valence-electron chi connectivity index (χ1n) is 7.11. The highest BCUT2D eigenvalue weighted by molar-refractivity contribution is 7.09. The summed E-state index contributed by atoms with van der Waals surface area (Å²) in [6.45, 7) is 3.48. The van der Waals surface area contributed by atoms with E-state index >= 15 is 0 Å². The smallest absolute Gasteiger partial charge is 0.223 e. The van der Waals surface area contributed by atoms with E-state index in [9.17, 15) is 4.79 Å². The lowest BCUT2D eigenvalue weighted by atomic mass is 9.97. The molecule has 0 radical (unpaired) electrons. The highest BCUT2D eigenvalue weighted by atomic mass is 32.1. The normalized spacial score (nSPS) is 16.4. The van der Waals surface area contributed by atoms with Crippen LogP contribution in [0.25, 0.3) is 0 Å². The molecule has 1 aliphatic rings. The lowest BCUT2D eigenvalue weighted by molar-refractivity contribution is -0.130. The van der Waals surface area contributed by atoms with Crippen LogP contribution < -0.4 is 5.32 Å². The van der Waals surface area contributed by atoms with Gasteiger partial charge in [-0.2, -0.15) is 0 Å². The van der Waals surface area contributed by atoms with Crippen molar-refractivity contribution in [3.63, 3.8) is 0 Å². The number of thiazole rings is 1. The van der Waals surface area contributed by atoms with Crippen molar-refractivity contribution in [3.05, 3.63) is 45.9 Å². The molecule has 0 spiro atoms. The molecule has 21 heavy (non-hydrogen) atoms. The van der Waals surface area contributed by atoms with E-state index in [4.69, 9.17) is 0 Å². The number of nitrogens with zero attached hydrogens (tertiary/aromatic N) is 2. The Morgan fingerprint density at radius 3 is 3.05 bits per heavy atom. The van der Waals surface area contributed by atoms with E-state index in [1.165, 1.54) is 5.56 Å². The maximum absolute atomic E-state index is 12.4. The summed E-state index contributed by atoms with van der Waals surface area (Å²) in [5.74, 6) is 0.463. The molecule has 0 saturated carbocycles. The molecule has 110 valence electrons. The molecule has 2 aromatic rings. The molecule has 0 saturated heterocycles. The van der Waals surface area contributed by atoms with Crippen LogP contribution in [0.1, 0.15) is 28.5 Å². The zero-order valence-electron chi connectivity index (χ0n) is 12.3. The van der Waals surface area contributed by atoms with E-state index in [-0.39, 0.29) is 11.8 Å². The molecule has 1 unspecified atom stereocenters. The number of benzene rings is 1. The summed E-state index contributed by atoms with van der Waals surface area (Å²) in [6, 6.07) is 8.24. The largest absolute Gasteiger partial charge is 0.384 e. The third kappa shape index (κ3) is 2.93. The Kier molecular flexibility index (Phi) is 3.92. The Bertz CT molecular complexity index is 652. The molecule has 3 rings (SSSR count). The minimum Gasteiger partial charge on any atom is -0.384 e. The van der Waals surface area contributed by atoms with E-state index in [0.717, 1.165) is 22.8 Å². The maximum Gasteiger partial charge on any atom is 0.223 e. The number of carbonyl (C=O) groups excluding carboxylic acids is 1. The second-order valence-corrected chi connectivity index (χ2v) is 6.42. The predicted octanol–water partition coefficient (Wildman–Crippen LogP) is 3.01. The van der Waals surface area contributed by atoms with E-state index < -0.39 is 0 Å². The summed E-state index contributed by atoms with van der Waals surface area (Å²) in [6.07, 6.45) is 0.554. The first-order valence-corrected chi connectivity index (χ1v) is 7.99. The van der Waals surface area contributed by atoms with Gasteiger partial charge in [0.25, 0.3) is 0 Å². The molecule has 5 heteroatoms. The second-order valence-electron chi connectivity index (χ2n) is 5.48. The topological polar surface area (TPSA) is 45.2 Å². The monoisotopic (exact) mass is 301 g/mol. The molecular formula is C16H19N3OS. The van der Waals surface area contributed by atoms with Crippen LogP contribution in [0.3, 0.4) is 0 Å². The Balaban J connectivity index is 1.63. The van der Waals surface area contributed by atoms with E-state index in [1.54, 1.807) is 16.2 Å². The summed E-state index contributed by atoms with van der Waals surface area (Å²) in [7, 11) is 1.87. The van der Waals surface area contributed by atoms with Gasteiger partial charge >= 0.3 is 0 Å². The van der Waals surface area contributed by atoms with Crippen LogP contribution >= 0.6 is 11.3 Å². The SMILES string of the molecule is Cc1ncsc1CN(C)C(=O)CC1CNc2ccccc21. The molecule has 1 aromatic carbocycles. The highest BCUT2D eigenvalue weighted by Crippen LogP contribution is 2.33. The molecule has 1 aromatic heterocycles. The van der Waals surface area contributed by atoms with Crippen LogP contribution in [0.4, 0.5) is 5.69 Å². The van der Waals surface area contributed by atoms with E-state index in [0.29, 0.717) is 13.0 Å². The van der Waals surface area contributed by atoms with Crippen molar-refractivity contribution in [1.82, 2.24) is 9.88 Å². The maximum atomic E-state index is 12.4. The summed E-state index contributed by atoms with van der Waals surface area (Å²) in [4.78, 5) is 19.6. The molecule has 1 atom stereocenters. The van der Waals surface area contributed by atoms with Crippen LogP contribution in [0, 0.1) is 6.92 Å². The molecule has 1 N–H and O–H groups in total. The van der Waals surface area contributed by atoms with Gasteiger partial charge in [0, 0.05) is 36.5 Å². The van der Waals surface area contributed by atoms with Gasteiger partial charge in [-0.3, -0.25) is 4.79 Å². The van der Waals surface area contributed by atoms with E-state index in [1.807, 2.05) is 31.6 Å². The van der Waals surface area contributed by atoms with Crippen LogP contribution in [0.15, 0.2) is 29.8 Å². The Morgan fingerprint density at radius 2 is 2.29 bits per heavy atom. The fraction of sp³-hybridized carbons (Fsp3) is 0.375. The molecule has 0 fully saturated rings. The lowest BCUT2D eigenvalue weighted by Gasteiger charge is -2.19. The summed E-state index contributed by atoms with van der Waals surface area (Å²) >= 11 is 1.61. The Labute approximate surface area is 128 Å². The second kappa shape index (κ2) is 5.85. The van der Waals surface area contributed by atoms with Crippen LogP contribution in [0.5, 0.6) is 0 Å². The number of aromatic nitrogens is 1. The number of nitrogens with one attached hydrogen (secondary N) is 1. The number of para-hydroxylation sites is 1. The predicted molar refractivity (Wildman–Crippen MR) is 85.6 cm³/mol. The van der Waals surface area contributed by atoms with Crippen molar-refractivity contribution in [3.8, 4) is 0 Å². The molecule has 2 heterocycles. The van der Waals surface area contributed by atoms with Gasteiger partial charge in [0.05, 0.1) is 17.7 Å². The van der Waals surface area contributed by atoms with E-state index in [2.05, 4.69) is 22.4 Å². The summed E-state index contributed by atoms with van der Waals surface area (Å²) in [5, 5.41) is 3.37. The third-order valence-electron chi connectivity index (χ3n) is 4.01. The number of hydrogen-bond acceptors (Lipinski definition) is 4. The van der Waals surface area contributed by atoms with Crippen molar-refractivity contribution in [2.45, 2.75) is 25.8 Å². The fourth-order valence-corrected chi connectivity index (χ4v) is 3.52. The molecule has 1 amide bonds. The molecular weight excluding hydrogens is 282 g/mol. The number of hydrogen-bond donors (Lipinski definition) is 1. The van der Waals surface area contributed by atoms with Gasteiger partial charge in [0.15, 0.2) is 0 Å². The highest BCUT2D eigenvalue weighted by Gasteiger charge is 2.25. The number of aryl methyl sites for hydroxylation is 1. The Morgan fingerprint density at radius 1 is 1.48 bits per heavy atom. The van der Waals surface area contributed by atoms with Gasteiger partial charge in [0.1, 0.15) is 0 Å². The standard InChI is InChI=1S/C16H19N3OS/c1-11-15(21-10-18-11)9-19(2)16(20)7-12-8-17-14-6-4-3-5-13(12)14/h3-6,10,12,17H,7-9H2,1-2H3. The van der Waals surface area contributed by atoms with Gasteiger partial charge in [-0.1, -0.05) is 18.2 Å². The third-order valence-corrected chi connectivity index (χ3v) is 4.93. The number of fused-ring (bicyclic) bond motifs is 1. The first kappa shape index (κ1) is 14.1. The number of carbonyl (C=O) groups is 1. The lowest BCUT2D eigenvalue weighted by Crippen LogP contribution is -2.27. The quantitative estimate of drug-likeness (QED) is 0.944. The van der Waals surface area contributed by atoms with Crippen LogP contribution in [-0.4, -0.2) is 29.4 Å². The van der Waals surface area contributed by atoms with Gasteiger partial charge in [-0.15, -0.1) is 11.3 Å². The number of anilines is 1. The fourth-order valence-electron chi connectivity index (χ4n) is 2.69. The van der Waals surface area contributed by atoms with Gasteiger partial charge in [-0.05, 0) is 18.6 Å². The average Bonchev–Trinajstić information content (AvgIpc) is 3.07. The zero-order valence-corrected chi connectivity index (χ0v) is 13.1. The van der Waals surface area contributed by atoms with Gasteiger partial charge in [0.2, 0.25) is 5.91 Å². The van der Waals surface area contributed by atoms with Crippen molar-refractivity contribution < 1.29 is 4.79 Å². The minimum absolute atomic E-state index is 0.186. The van der Waals surface area contributed by atoms with Gasteiger partial charge < -0.3 is 10.2 Å². The van der Waals surface area contributed by atoms with Crippen molar-refractivity contribution >= 4 is 22.9 Å². The minimum atomic E-state index is 0.186. The first-order chi connectivity index (χ1) is 10.1. The van der Waals surface area contributed by atoms with Crippen molar-refractivity contribution in [2.75, 3.05) is 18.9 Å². The average molecular weight is 301 g/mol. The molecule has 0 bridgehead atoms. The number of rotatable bonds is 4. The molecule has 0 aliphatic carbocycles. The summed E-state index contributed by atoms with van der Waals surface area (Å²) in [5.41, 5.74) is 5.28.